The van der Waals surface area contributed by atoms with Gasteiger partial charge < -0.3 is 0 Å². The molecule has 1 atom stereocenters. The Kier molecular flexibility index (Phi) is 5.17. The highest BCUT2D eigenvalue weighted by atomic mass is 32.1. The van der Waals surface area contributed by atoms with Gasteiger partial charge in [-0.25, -0.2) is 4.98 Å². The van der Waals surface area contributed by atoms with Crippen molar-refractivity contribution in [1.29, 1.82) is 0 Å². The van der Waals surface area contributed by atoms with Gasteiger partial charge in [0.15, 0.2) is 0 Å². The highest BCUT2D eigenvalue weighted by Crippen LogP contribution is 2.39. The number of aromatic nitrogens is 1. The van der Waals surface area contributed by atoms with Crippen molar-refractivity contribution in [3.63, 3.8) is 0 Å². The molecule has 0 amide bonds. The van der Waals surface area contributed by atoms with Crippen molar-refractivity contribution in [1.82, 2.24) is 4.98 Å². The van der Waals surface area contributed by atoms with Gasteiger partial charge in [0.2, 0.25) is 0 Å². The van der Waals surface area contributed by atoms with Gasteiger partial charge >= 0.3 is 0 Å². The monoisotopic (exact) mass is 495 g/mol. The van der Waals surface area contributed by atoms with Gasteiger partial charge in [-0.05, 0) is 73.7 Å². The molecule has 0 aliphatic heterocycles. The molecule has 2 heterocycles. The number of benzene rings is 5. The van der Waals surface area contributed by atoms with Crippen LogP contribution in [0.2, 0.25) is 0 Å². The normalized spacial score (nSPS) is 11.5. The second-order valence-corrected chi connectivity index (χ2v) is 10.8. The topological polar surface area (TPSA) is 12.9 Å². The zero-order valence-corrected chi connectivity index (χ0v) is 21.5. The molecule has 0 saturated carbocycles. The molecule has 0 aliphatic carbocycles. The predicted molar refractivity (Wildman–Crippen MR) is 160 cm³/mol. The van der Waals surface area contributed by atoms with Gasteiger partial charge in [-0.15, -0.1) is 20.6 Å². The average Bonchev–Trinajstić information content (AvgIpc) is 3.32. The third-order valence-electron chi connectivity index (χ3n) is 6.89. The van der Waals surface area contributed by atoms with Crippen LogP contribution in [0.25, 0.3) is 64.5 Å². The molecule has 0 fully saturated rings. The second kappa shape index (κ2) is 8.68. The Morgan fingerprint density at radius 1 is 0.528 bits per heavy atom. The summed E-state index contributed by atoms with van der Waals surface area (Å²) in [6.45, 7) is 0. The van der Waals surface area contributed by atoms with E-state index in [-0.39, 0.29) is 0 Å². The van der Waals surface area contributed by atoms with Gasteiger partial charge in [-0.2, -0.15) is 0 Å². The van der Waals surface area contributed by atoms with Gasteiger partial charge in [0.1, 0.15) is 4.83 Å². The minimum atomic E-state index is 1.09. The van der Waals surface area contributed by atoms with Crippen LogP contribution in [0.4, 0.5) is 0 Å². The fourth-order valence-electron chi connectivity index (χ4n) is 4.98. The van der Waals surface area contributed by atoms with E-state index in [0.29, 0.717) is 0 Å². The molecule has 0 bridgehead atoms. The molecule has 1 unspecified atom stereocenters. The number of nitrogens with zero attached hydrogens (tertiary/aromatic N) is 1. The molecular weight excluding hydrogens is 473 g/mol. The summed E-state index contributed by atoms with van der Waals surface area (Å²) in [5, 5.41) is 6.23. The number of hydrogen-bond acceptors (Lipinski definition) is 2. The molecule has 7 aromatic rings. The van der Waals surface area contributed by atoms with Crippen LogP contribution < -0.4 is 5.30 Å². The van der Waals surface area contributed by atoms with Gasteiger partial charge in [0.25, 0.3) is 0 Å². The van der Waals surface area contributed by atoms with Crippen molar-refractivity contribution in [3.8, 4) is 33.4 Å². The first kappa shape index (κ1) is 21.4. The molecule has 36 heavy (non-hydrogen) atoms. The van der Waals surface area contributed by atoms with Crippen molar-refractivity contribution in [2.45, 2.75) is 0 Å². The smallest absolute Gasteiger partial charge is 0.124 e. The van der Waals surface area contributed by atoms with Gasteiger partial charge in [-0.3, -0.25) is 0 Å². The Labute approximate surface area is 216 Å². The Hall–Kier alpha value is -3.84. The van der Waals surface area contributed by atoms with Crippen LogP contribution in [0.15, 0.2) is 121 Å². The van der Waals surface area contributed by atoms with Crippen LogP contribution in [0.3, 0.4) is 0 Å². The van der Waals surface area contributed by atoms with E-state index >= 15 is 0 Å². The van der Waals surface area contributed by atoms with Crippen molar-refractivity contribution >= 4 is 57.0 Å². The highest BCUT2D eigenvalue weighted by molar-refractivity contribution is 7.27. The van der Waals surface area contributed by atoms with Gasteiger partial charge in [0, 0.05) is 21.7 Å². The molecule has 7 rings (SSSR count). The lowest BCUT2D eigenvalue weighted by molar-refractivity contribution is 1.45. The Balaban J connectivity index is 1.23. The van der Waals surface area contributed by atoms with E-state index in [4.69, 9.17) is 0 Å². The molecule has 0 radical (unpaired) electrons. The van der Waals surface area contributed by atoms with Gasteiger partial charge in [-0.1, -0.05) is 91.0 Å². The molecule has 0 aliphatic rings. The van der Waals surface area contributed by atoms with Crippen molar-refractivity contribution in [3.05, 3.63) is 121 Å². The van der Waals surface area contributed by atoms with E-state index in [2.05, 4.69) is 123 Å². The maximum atomic E-state index is 4.58. The summed E-state index contributed by atoms with van der Waals surface area (Å²) in [5.74, 6) is 0. The molecule has 0 spiro atoms. The molecule has 5 aromatic carbocycles. The van der Waals surface area contributed by atoms with Crippen LogP contribution in [0.5, 0.6) is 0 Å². The summed E-state index contributed by atoms with van der Waals surface area (Å²) < 4.78 is 1.30. The van der Waals surface area contributed by atoms with Crippen LogP contribution in [-0.4, -0.2) is 4.98 Å². The first-order chi connectivity index (χ1) is 17.7. The van der Waals surface area contributed by atoms with Crippen LogP contribution in [0, 0.1) is 0 Å². The van der Waals surface area contributed by atoms with Crippen LogP contribution in [-0.2, 0) is 0 Å². The van der Waals surface area contributed by atoms with Crippen molar-refractivity contribution in [2.24, 2.45) is 0 Å². The molecule has 0 N–H and O–H groups in total. The van der Waals surface area contributed by atoms with E-state index in [1.807, 2.05) is 12.3 Å². The second-order valence-electron chi connectivity index (χ2n) is 9.12. The van der Waals surface area contributed by atoms with E-state index < -0.39 is 0 Å². The fraction of sp³-hybridized carbons (Fsp3) is 0. The first-order valence-corrected chi connectivity index (χ1v) is 13.4. The lowest BCUT2D eigenvalue weighted by atomic mass is 9.96. The lowest BCUT2D eigenvalue weighted by Crippen LogP contribution is -1.88. The minimum absolute atomic E-state index is 1.09. The van der Waals surface area contributed by atoms with E-state index in [9.17, 15) is 0 Å². The third kappa shape index (κ3) is 3.71. The lowest BCUT2D eigenvalue weighted by Gasteiger charge is -2.09. The first-order valence-electron chi connectivity index (χ1n) is 12.0. The number of fused-ring (bicyclic) bond motifs is 4. The maximum Gasteiger partial charge on any atom is 0.124 e. The summed E-state index contributed by atoms with van der Waals surface area (Å²) in [6.07, 6.45) is 1.87. The zero-order valence-electron chi connectivity index (χ0n) is 19.5. The average molecular weight is 496 g/mol. The van der Waals surface area contributed by atoms with Crippen LogP contribution >= 0.6 is 20.6 Å². The maximum absolute atomic E-state index is 4.58. The number of thiophene rings is 1. The number of hydrogen-bond donors (Lipinski definition) is 0. The summed E-state index contributed by atoms with van der Waals surface area (Å²) in [5.41, 5.74) is 7.45. The molecular formula is C33H22NPS. The predicted octanol–water partition coefficient (Wildman–Crippen LogP) is 9.10. The van der Waals surface area contributed by atoms with Gasteiger partial charge in [0.05, 0.1) is 0 Å². The number of pyridine rings is 1. The highest BCUT2D eigenvalue weighted by Gasteiger charge is 2.11. The molecule has 3 heteroatoms. The molecule has 0 saturated heterocycles. The Morgan fingerprint density at radius 2 is 1.11 bits per heavy atom. The van der Waals surface area contributed by atoms with Crippen molar-refractivity contribution < 1.29 is 0 Å². The fourth-order valence-corrected chi connectivity index (χ4v) is 6.35. The Bertz CT molecular complexity index is 1880. The van der Waals surface area contributed by atoms with Crippen molar-refractivity contribution in [2.75, 3.05) is 0 Å². The third-order valence-corrected chi connectivity index (χ3v) is 8.44. The SMILES string of the molecule is Pc1ccc(-c2ccc3cc(-c4ccc(-c5cccc6c5sc5ncccc56)cc4)ccc3c2)cc1. The summed E-state index contributed by atoms with van der Waals surface area (Å²) in [6, 6.07) is 41.8. The van der Waals surface area contributed by atoms with E-state index in [1.54, 1.807) is 11.3 Å². The van der Waals surface area contributed by atoms with E-state index in [1.165, 1.54) is 64.9 Å². The summed E-state index contributed by atoms with van der Waals surface area (Å²) in [7, 11) is 2.75. The Morgan fingerprint density at radius 3 is 1.81 bits per heavy atom. The molecule has 2 aromatic heterocycles. The quantitative estimate of drug-likeness (QED) is 0.223. The van der Waals surface area contributed by atoms with Crippen LogP contribution in [0.1, 0.15) is 0 Å². The molecule has 170 valence electrons. The zero-order chi connectivity index (χ0) is 24.1. The molecule has 1 nitrogen and oxygen atoms in total. The summed E-state index contributed by atoms with van der Waals surface area (Å²) >= 11 is 1.77. The van der Waals surface area contributed by atoms with E-state index in [0.717, 1.165) is 4.83 Å². The summed E-state index contributed by atoms with van der Waals surface area (Å²) in [4.78, 5) is 5.67. The standard InChI is InChI=1S/C33H22NPS/c35-28-16-14-22(15-17-28)25-11-13-26-19-24(10-12-27(26)20-25)21-6-8-23(9-7-21)29-3-1-4-30-31-5-2-18-34-33(31)36-32(29)30/h1-20H,35H2. The minimum Gasteiger partial charge on any atom is -0.245 e. The number of rotatable bonds is 3. The largest absolute Gasteiger partial charge is 0.245 e.